The van der Waals surface area contributed by atoms with Gasteiger partial charge in [0.1, 0.15) is 11.2 Å². The van der Waals surface area contributed by atoms with Crippen LogP contribution in [0.5, 0.6) is 0 Å². The fourth-order valence-electron chi connectivity index (χ4n) is 9.26. The van der Waals surface area contributed by atoms with E-state index in [4.69, 9.17) is 4.42 Å². The summed E-state index contributed by atoms with van der Waals surface area (Å²) in [6, 6.07) is 81.4. The van der Waals surface area contributed by atoms with E-state index in [1.807, 2.05) is 23.5 Å². The molecule has 3 heteroatoms. The van der Waals surface area contributed by atoms with Gasteiger partial charge in [-0.1, -0.05) is 170 Å². The van der Waals surface area contributed by atoms with E-state index in [-0.39, 0.29) is 0 Å². The summed E-state index contributed by atoms with van der Waals surface area (Å²) in [4.78, 5) is 2.45. The average molecular weight is 796 g/mol. The van der Waals surface area contributed by atoms with Gasteiger partial charge >= 0.3 is 0 Å². The van der Waals surface area contributed by atoms with Gasteiger partial charge in [-0.2, -0.15) is 0 Å². The van der Waals surface area contributed by atoms with Gasteiger partial charge in [0.05, 0.1) is 5.69 Å². The van der Waals surface area contributed by atoms with Gasteiger partial charge in [0.15, 0.2) is 0 Å². The van der Waals surface area contributed by atoms with Gasteiger partial charge < -0.3 is 9.32 Å². The van der Waals surface area contributed by atoms with Gasteiger partial charge in [-0.15, -0.1) is 11.3 Å². The van der Waals surface area contributed by atoms with Gasteiger partial charge in [-0.25, -0.2) is 0 Å². The lowest BCUT2D eigenvalue weighted by Crippen LogP contribution is -2.11. The van der Waals surface area contributed by atoms with Crippen LogP contribution in [0, 0.1) is 0 Å². The second-order valence-corrected chi connectivity index (χ2v) is 16.7. The predicted molar refractivity (Wildman–Crippen MR) is 261 cm³/mol. The van der Waals surface area contributed by atoms with Crippen LogP contribution in [0.25, 0.3) is 97.4 Å². The van der Waals surface area contributed by atoms with E-state index in [1.165, 1.54) is 58.8 Å². The van der Waals surface area contributed by atoms with E-state index < -0.39 is 0 Å². The Hall–Kier alpha value is -7.72. The van der Waals surface area contributed by atoms with Gasteiger partial charge in [0.2, 0.25) is 0 Å². The molecule has 0 spiro atoms. The molecule has 0 atom stereocenters. The zero-order valence-corrected chi connectivity index (χ0v) is 33.9. The number of hydrogen-bond donors (Lipinski definition) is 0. The topological polar surface area (TPSA) is 16.4 Å². The van der Waals surface area contributed by atoms with Crippen LogP contribution < -0.4 is 4.90 Å². The third kappa shape index (κ3) is 6.01. The third-order valence-corrected chi connectivity index (χ3v) is 13.3. The molecule has 0 aliphatic rings. The normalized spacial score (nSPS) is 11.6. The fraction of sp³-hybridized carbons (Fsp3) is 0. The van der Waals surface area contributed by atoms with E-state index in [0.29, 0.717) is 0 Å². The molecule has 12 rings (SSSR count). The summed E-state index contributed by atoms with van der Waals surface area (Å²) in [6.07, 6.45) is 0. The van der Waals surface area contributed by atoms with Crippen molar-refractivity contribution in [2.75, 3.05) is 4.90 Å². The fourth-order valence-corrected chi connectivity index (χ4v) is 10.5. The molecular weight excluding hydrogens is 759 g/mol. The second kappa shape index (κ2) is 14.5. The van der Waals surface area contributed by atoms with Crippen LogP contribution >= 0.6 is 11.3 Å². The molecule has 0 N–H and O–H groups in total. The molecule has 2 nitrogen and oxygen atoms in total. The van der Waals surface area contributed by atoms with Crippen molar-refractivity contribution in [2.45, 2.75) is 0 Å². The number of nitrogens with zero attached hydrogens (tertiary/aromatic N) is 1. The zero-order chi connectivity index (χ0) is 40.3. The Kier molecular flexibility index (Phi) is 8.39. The number of fused-ring (bicyclic) bond motifs is 7. The van der Waals surface area contributed by atoms with Gasteiger partial charge in [0, 0.05) is 47.9 Å². The number of rotatable bonds is 7. The summed E-state index contributed by atoms with van der Waals surface area (Å²) in [7, 11) is 0. The zero-order valence-electron chi connectivity index (χ0n) is 33.1. The second-order valence-electron chi connectivity index (χ2n) is 15.6. The maximum Gasteiger partial charge on any atom is 0.135 e. The molecule has 0 aliphatic heterocycles. The number of anilines is 3. The molecule has 12 aromatic rings. The molecule has 2 aromatic heterocycles. The molecule has 0 saturated heterocycles. The molecule has 0 radical (unpaired) electrons. The predicted octanol–water partition coefficient (Wildman–Crippen LogP) is 17.2. The van der Waals surface area contributed by atoms with Crippen molar-refractivity contribution < 1.29 is 4.42 Å². The summed E-state index contributed by atoms with van der Waals surface area (Å²) in [5, 5.41) is 7.30. The monoisotopic (exact) mass is 795 g/mol. The molecular formula is C58H37NOS. The van der Waals surface area contributed by atoms with Crippen molar-refractivity contribution in [3.8, 4) is 44.5 Å². The van der Waals surface area contributed by atoms with Gasteiger partial charge in [0.25, 0.3) is 0 Å². The maximum absolute atomic E-state index is 6.23. The molecule has 0 fully saturated rings. The highest BCUT2D eigenvalue weighted by atomic mass is 32.1. The van der Waals surface area contributed by atoms with Crippen LogP contribution in [0.3, 0.4) is 0 Å². The summed E-state index contributed by atoms with van der Waals surface area (Å²) in [5.41, 5.74) is 14.5. The Balaban J connectivity index is 1.08. The third-order valence-electron chi connectivity index (χ3n) is 12.1. The minimum atomic E-state index is 0.895. The lowest BCUT2D eigenvalue weighted by molar-refractivity contribution is 0.669. The van der Waals surface area contributed by atoms with Crippen molar-refractivity contribution in [1.82, 2.24) is 0 Å². The van der Waals surface area contributed by atoms with E-state index in [9.17, 15) is 0 Å². The first kappa shape index (κ1) is 35.2. The summed E-state index contributed by atoms with van der Waals surface area (Å²) in [5.74, 6) is 0. The minimum Gasteiger partial charge on any atom is -0.456 e. The van der Waals surface area contributed by atoms with Crippen molar-refractivity contribution in [1.29, 1.82) is 0 Å². The molecule has 10 aromatic carbocycles. The Morgan fingerprint density at radius 3 is 1.80 bits per heavy atom. The smallest absolute Gasteiger partial charge is 0.135 e. The molecule has 0 aliphatic carbocycles. The van der Waals surface area contributed by atoms with Crippen LogP contribution in [0.2, 0.25) is 0 Å². The lowest BCUT2D eigenvalue weighted by Gasteiger charge is -2.29. The number of para-hydroxylation sites is 2. The highest BCUT2D eigenvalue weighted by molar-refractivity contribution is 7.26. The number of hydrogen-bond acceptors (Lipinski definition) is 3. The quantitative estimate of drug-likeness (QED) is 0.160. The highest BCUT2D eigenvalue weighted by Crippen LogP contribution is 2.47. The maximum atomic E-state index is 6.23. The molecule has 0 bridgehead atoms. The highest BCUT2D eigenvalue weighted by Gasteiger charge is 2.21. The molecule has 61 heavy (non-hydrogen) atoms. The largest absolute Gasteiger partial charge is 0.456 e. The Bertz CT molecular complexity index is 3610. The van der Waals surface area contributed by atoms with Crippen LogP contribution in [-0.2, 0) is 0 Å². The van der Waals surface area contributed by atoms with Crippen LogP contribution in [0.15, 0.2) is 229 Å². The number of furan rings is 1. The standard InChI is InChI=1S/C58H37NOS/c1-2-15-38(16-3-1)45-26-12-17-39-18-13-28-50(57(39)45)47-23-4-7-30-53(47)59(43-21-10-19-40(35-43)41-33-34-55-52(37-41)48-24-5-8-31-54(48)60-55)44-22-11-20-42(36-44)46-27-14-29-51-49-25-6-9-32-56(49)61-58(46)51/h1-37H. The Labute approximate surface area is 357 Å². The van der Waals surface area contributed by atoms with Crippen molar-refractivity contribution in [2.24, 2.45) is 0 Å². The number of thiophene rings is 1. The van der Waals surface area contributed by atoms with Crippen molar-refractivity contribution in [3.63, 3.8) is 0 Å². The summed E-state index contributed by atoms with van der Waals surface area (Å²) >= 11 is 1.87. The minimum absolute atomic E-state index is 0.895. The Morgan fingerprint density at radius 1 is 0.344 bits per heavy atom. The summed E-state index contributed by atoms with van der Waals surface area (Å²) < 4.78 is 8.84. The first-order valence-corrected chi connectivity index (χ1v) is 21.6. The van der Waals surface area contributed by atoms with Crippen molar-refractivity contribution >= 4 is 81.3 Å². The van der Waals surface area contributed by atoms with Crippen LogP contribution in [0.4, 0.5) is 17.1 Å². The number of benzene rings is 10. The van der Waals surface area contributed by atoms with E-state index >= 15 is 0 Å². The summed E-state index contributed by atoms with van der Waals surface area (Å²) in [6.45, 7) is 0. The van der Waals surface area contributed by atoms with E-state index in [0.717, 1.165) is 55.7 Å². The lowest BCUT2D eigenvalue weighted by atomic mass is 9.90. The molecule has 2 heterocycles. The van der Waals surface area contributed by atoms with Gasteiger partial charge in [-0.3, -0.25) is 0 Å². The first-order valence-electron chi connectivity index (χ1n) is 20.7. The van der Waals surface area contributed by atoms with E-state index in [2.05, 4.69) is 217 Å². The van der Waals surface area contributed by atoms with Crippen LogP contribution in [0.1, 0.15) is 0 Å². The Morgan fingerprint density at radius 2 is 0.934 bits per heavy atom. The SMILES string of the molecule is c1ccc(-c2cccc3cccc(-c4ccccc4N(c4cccc(-c5ccc6oc7ccccc7c6c5)c4)c4cccc(-c5cccc6c5sc5ccccc56)c4)c23)cc1. The average Bonchev–Trinajstić information content (AvgIpc) is 3.90. The molecule has 0 saturated carbocycles. The van der Waals surface area contributed by atoms with Gasteiger partial charge in [-0.05, 0) is 104 Å². The first-order chi connectivity index (χ1) is 30.2. The molecule has 0 amide bonds. The van der Waals surface area contributed by atoms with Crippen molar-refractivity contribution in [3.05, 3.63) is 224 Å². The molecule has 0 unspecified atom stereocenters. The van der Waals surface area contributed by atoms with Crippen LogP contribution in [-0.4, -0.2) is 0 Å². The van der Waals surface area contributed by atoms with E-state index in [1.54, 1.807) is 0 Å². The molecule has 286 valence electrons.